The van der Waals surface area contributed by atoms with E-state index in [1.165, 1.54) is 16.0 Å². The Kier molecular flexibility index (Phi) is 2.89. The molecule has 0 N–H and O–H groups in total. The molecule has 2 aliphatic rings. The van der Waals surface area contributed by atoms with Gasteiger partial charge >= 0.3 is 0 Å². The van der Waals surface area contributed by atoms with Gasteiger partial charge in [0.25, 0.3) is 11.8 Å². The van der Waals surface area contributed by atoms with Crippen LogP contribution in [0.5, 0.6) is 0 Å². The third-order valence-corrected chi connectivity index (χ3v) is 5.51. The minimum Gasteiger partial charge on any atom is -0.268 e. The Balaban J connectivity index is 1.81. The fraction of sp³-hybridized carbons (Fsp3) is 0.143. The van der Waals surface area contributed by atoms with Gasteiger partial charge in [-0.25, -0.2) is 4.90 Å². The highest BCUT2D eigenvalue weighted by atomic mass is 35.5. The van der Waals surface area contributed by atoms with Gasteiger partial charge in [-0.2, -0.15) is 0 Å². The maximum atomic E-state index is 13.2. The lowest BCUT2D eigenvalue weighted by molar-refractivity contribution is 0.0893. The third kappa shape index (κ3) is 1.87. The highest BCUT2D eigenvalue weighted by molar-refractivity contribution is 6.37. The van der Waals surface area contributed by atoms with Crippen molar-refractivity contribution in [3.8, 4) is 0 Å². The molecular weight excluding hydrogens is 334 g/mol. The number of aryl methyl sites for hydroxylation is 3. The predicted octanol–water partition coefficient (Wildman–Crippen LogP) is 4.70. The van der Waals surface area contributed by atoms with Crippen molar-refractivity contribution < 1.29 is 9.59 Å². The van der Waals surface area contributed by atoms with E-state index >= 15 is 0 Å². The van der Waals surface area contributed by atoms with Gasteiger partial charge < -0.3 is 0 Å². The molecular formula is C21H14ClNO2. The topological polar surface area (TPSA) is 37.4 Å². The Bertz CT molecular complexity index is 1060. The number of rotatable bonds is 1. The number of anilines is 1. The molecule has 0 aromatic heterocycles. The van der Waals surface area contributed by atoms with E-state index < -0.39 is 0 Å². The highest BCUT2D eigenvalue weighted by Gasteiger charge is 2.36. The van der Waals surface area contributed by atoms with Gasteiger partial charge in [0.2, 0.25) is 0 Å². The zero-order valence-corrected chi connectivity index (χ0v) is 14.4. The fourth-order valence-corrected chi connectivity index (χ4v) is 4.23. The average molecular weight is 348 g/mol. The number of carbonyl (C=O) groups is 2. The molecule has 0 radical (unpaired) electrons. The number of nitrogens with zero attached hydrogens (tertiary/aromatic N) is 1. The molecule has 5 rings (SSSR count). The van der Waals surface area contributed by atoms with Gasteiger partial charge in [0, 0.05) is 21.5 Å². The van der Waals surface area contributed by atoms with Crippen LogP contribution in [0.25, 0.3) is 10.8 Å². The summed E-state index contributed by atoms with van der Waals surface area (Å²) < 4.78 is 0. The molecule has 4 heteroatoms. The normalized spacial score (nSPS) is 15.4. The summed E-state index contributed by atoms with van der Waals surface area (Å²) in [5, 5.41) is 2.42. The van der Waals surface area contributed by atoms with Gasteiger partial charge in [0.15, 0.2) is 0 Å². The molecule has 0 saturated heterocycles. The first-order chi connectivity index (χ1) is 12.1. The summed E-state index contributed by atoms with van der Waals surface area (Å²) in [5.41, 5.74) is 5.02. The van der Waals surface area contributed by atoms with Crippen molar-refractivity contribution in [3.63, 3.8) is 0 Å². The van der Waals surface area contributed by atoms with Crippen LogP contribution in [0.15, 0.2) is 42.5 Å². The van der Waals surface area contributed by atoms with Crippen molar-refractivity contribution in [2.24, 2.45) is 0 Å². The maximum Gasteiger partial charge on any atom is 0.265 e. The molecule has 0 saturated carbocycles. The Morgan fingerprint density at radius 2 is 1.44 bits per heavy atom. The molecule has 25 heavy (non-hydrogen) atoms. The van der Waals surface area contributed by atoms with E-state index in [2.05, 4.69) is 0 Å². The number of carbonyl (C=O) groups excluding carboxylic acids is 2. The summed E-state index contributed by atoms with van der Waals surface area (Å²) in [5.74, 6) is -0.558. The number of halogens is 1. The van der Waals surface area contributed by atoms with Crippen LogP contribution in [0.3, 0.4) is 0 Å². The van der Waals surface area contributed by atoms with Gasteiger partial charge in [-0.1, -0.05) is 29.8 Å². The van der Waals surface area contributed by atoms with Gasteiger partial charge in [-0.15, -0.1) is 0 Å². The van der Waals surface area contributed by atoms with Gasteiger partial charge in [-0.05, 0) is 66.1 Å². The zero-order chi connectivity index (χ0) is 17.3. The number of amides is 2. The first-order valence-electron chi connectivity index (χ1n) is 8.28. The van der Waals surface area contributed by atoms with Crippen molar-refractivity contribution in [1.82, 2.24) is 0 Å². The summed E-state index contributed by atoms with van der Waals surface area (Å²) >= 11 is 6.11. The second-order valence-corrected chi connectivity index (χ2v) is 7.11. The molecule has 0 spiro atoms. The zero-order valence-electron chi connectivity index (χ0n) is 13.6. The van der Waals surface area contributed by atoms with E-state index in [-0.39, 0.29) is 11.8 Å². The molecule has 1 heterocycles. The lowest BCUT2D eigenvalue weighted by Gasteiger charge is -2.28. The van der Waals surface area contributed by atoms with Crippen LogP contribution in [0, 0.1) is 6.92 Å². The molecule has 1 aliphatic heterocycles. The molecule has 3 aromatic rings. The van der Waals surface area contributed by atoms with Crippen molar-refractivity contribution in [2.75, 3.05) is 4.90 Å². The molecule has 3 nitrogen and oxygen atoms in total. The van der Waals surface area contributed by atoms with Crippen LogP contribution in [0.4, 0.5) is 5.69 Å². The second-order valence-electron chi connectivity index (χ2n) is 6.67. The highest BCUT2D eigenvalue weighted by Crippen LogP contribution is 2.40. The Hall–Kier alpha value is -2.65. The monoisotopic (exact) mass is 347 g/mol. The van der Waals surface area contributed by atoms with Crippen LogP contribution in [-0.2, 0) is 12.8 Å². The molecule has 0 fully saturated rings. The molecule has 3 aromatic carbocycles. The molecule has 122 valence electrons. The van der Waals surface area contributed by atoms with Crippen molar-refractivity contribution in [2.45, 2.75) is 19.8 Å². The lowest BCUT2D eigenvalue weighted by atomic mass is 9.90. The van der Waals surface area contributed by atoms with E-state index in [1.54, 1.807) is 12.1 Å². The minimum absolute atomic E-state index is 0.279. The number of imide groups is 1. The standard InChI is InChI=1S/C21H14ClNO2/c1-11-2-7-14(22)10-17(11)23-20(24)15-8-5-12-3-4-13-6-9-16(21(23)25)19(15)18(12)13/h2,5-10H,3-4H2,1H3. The van der Waals surface area contributed by atoms with E-state index in [4.69, 9.17) is 11.6 Å². The molecule has 0 bridgehead atoms. The Morgan fingerprint density at radius 3 is 2.04 bits per heavy atom. The summed E-state index contributed by atoms with van der Waals surface area (Å²) in [7, 11) is 0. The second kappa shape index (κ2) is 4.93. The fourth-order valence-electron chi connectivity index (χ4n) is 4.06. The predicted molar refractivity (Wildman–Crippen MR) is 98.7 cm³/mol. The Morgan fingerprint density at radius 1 is 0.840 bits per heavy atom. The van der Waals surface area contributed by atoms with Crippen LogP contribution >= 0.6 is 11.6 Å². The summed E-state index contributed by atoms with van der Waals surface area (Å²) in [4.78, 5) is 27.6. The lowest BCUT2D eigenvalue weighted by Crippen LogP contribution is -2.40. The smallest absolute Gasteiger partial charge is 0.265 e. The largest absolute Gasteiger partial charge is 0.268 e. The number of benzene rings is 3. The van der Waals surface area contributed by atoms with Crippen molar-refractivity contribution >= 4 is 39.9 Å². The van der Waals surface area contributed by atoms with Crippen molar-refractivity contribution in [1.29, 1.82) is 0 Å². The van der Waals surface area contributed by atoms with E-state index in [1.807, 2.05) is 37.3 Å². The average Bonchev–Trinajstić information content (AvgIpc) is 3.03. The van der Waals surface area contributed by atoms with Gasteiger partial charge in [0.05, 0.1) is 5.69 Å². The molecule has 1 aliphatic carbocycles. The number of hydrogen-bond donors (Lipinski definition) is 0. The third-order valence-electron chi connectivity index (χ3n) is 5.28. The van der Waals surface area contributed by atoms with E-state index in [0.29, 0.717) is 21.8 Å². The summed E-state index contributed by atoms with van der Waals surface area (Å²) in [6.07, 6.45) is 1.93. The summed E-state index contributed by atoms with van der Waals surface area (Å²) in [6.45, 7) is 1.87. The minimum atomic E-state index is -0.279. The van der Waals surface area contributed by atoms with Gasteiger partial charge in [0.1, 0.15) is 0 Å². The van der Waals surface area contributed by atoms with Crippen LogP contribution in [-0.4, -0.2) is 11.8 Å². The molecule has 0 atom stereocenters. The quantitative estimate of drug-likeness (QED) is 0.598. The number of hydrogen-bond acceptors (Lipinski definition) is 2. The summed E-state index contributed by atoms with van der Waals surface area (Å²) in [6, 6.07) is 13.0. The van der Waals surface area contributed by atoms with E-state index in [9.17, 15) is 9.59 Å². The molecule has 2 amide bonds. The van der Waals surface area contributed by atoms with Gasteiger partial charge in [-0.3, -0.25) is 9.59 Å². The first-order valence-corrected chi connectivity index (χ1v) is 8.66. The molecule has 0 unspecified atom stereocenters. The van der Waals surface area contributed by atoms with Crippen LogP contribution < -0.4 is 4.90 Å². The SMILES string of the molecule is Cc1ccc(Cl)cc1N1C(=O)c2ccc3c4c(ccc(c24)C1=O)CC3. The Labute approximate surface area is 149 Å². The van der Waals surface area contributed by atoms with E-state index in [0.717, 1.165) is 29.2 Å². The van der Waals surface area contributed by atoms with Crippen LogP contribution in [0.1, 0.15) is 37.4 Å². The maximum absolute atomic E-state index is 13.2. The first kappa shape index (κ1) is 14.7. The van der Waals surface area contributed by atoms with Crippen LogP contribution in [0.2, 0.25) is 5.02 Å². The van der Waals surface area contributed by atoms with Crippen molar-refractivity contribution in [3.05, 3.63) is 75.3 Å².